The molecule has 2 aliphatic rings. The Kier molecular flexibility index (Phi) is 11.6. The topological polar surface area (TPSA) is 464 Å². The first-order valence-electron chi connectivity index (χ1n) is 18.6. The molecule has 2 aliphatic heterocycles. The van der Waals surface area contributed by atoms with Crippen LogP contribution in [0.5, 0.6) is 92.0 Å². The number of hydrogen-bond acceptors (Lipinski definition) is 26. The van der Waals surface area contributed by atoms with Gasteiger partial charge in [-0.2, -0.15) is 0 Å². The molecule has 1 saturated heterocycles. The van der Waals surface area contributed by atoms with Gasteiger partial charge < -0.3 is 110 Å². The van der Waals surface area contributed by atoms with E-state index < -0.39 is 198 Å². The van der Waals surface area contributed by atoms with Crippen molar-refractivity contribution in [2.45, 2.75) is 30.7 Å². The lowest BCUT2D eigenvalue weighted by molar-refractivity contribution is -0.284. The highest BCUT2D eigenvalue weighted by molar-refractivity contribution is 6.08. The third-order valence-corrected chi connectivity index (χ3v) is 10.2. The molecule has 5 atom stereocenters. The van der Waals surface area contributed by atoms with E-state index in [0.29, 0.717) is 42.5 Å². The van der Waals surface area contributed by atoms with E-state index in [2.05, 4.69) is 0 Å². The Morgan fingerprint density at radius 3 is 1.51 bits per heavy atom. The Balaban J connectivity index is 1.39. The van der Waals surface area contributed by atoms with Gasteiger partial charge in [0.15, 0.2) is 93.6 Å². The molecule has 5 aromatic rings. The van der Waals surface area contributed by atoms with Crippen molar-refractivity contribution in [3.8, 4) is 103 Å². The van der Waals surface area contributed by atoms with E-state index in [0.717, 1.165) is 0 Å². The first kappa shape index (κ1) is 46.4. The zero-order valence-electron chi connectivity index (χ0n) is 33.3. The Bertz CT molecular complexity index is 2950. The largest absolute Gasteiger partial charge is 0.504 e. The molecule has 7 rings (SSSR count). The van der Waals surface area contributed by atoms with Crippen LogP contribution in [0.25, 0.3) is 11.1 Å². The molecule has 27 nitrogen and oxygen atoms in total. The van der Waals surface area contributed by atoms with Crippen molar-refractivity contribution in [1.82, 2.24) is 0 Å². The van der Waals surface area contributed by atoms with E-state index in [9.17, 15) is 106 Å². The lowest BCUT2D eigenvalue weighted by atomic mass is 9.91. The van der Waals surface area contributed by atoms with Crippen LogP contribution in [0.3, 0.4) is 0 Å². The zero-order valence-corrected chi connectivity index (χ0v) is 33.3. The van der Waals surface area contributed by atoms with E-state index in [1.807, 2.05) is 0 Å². The molecular formula is C41H30O27. The molecule has 0 amide bonds. The third-order valence-electron chi connectivity index (χ3n) is 10.2. The summed E-state index contributed by atoms with van der Waals surface area (Å²) in [7, 11) is 0. The van der Waals surface area contributed by atoms with Crippen molar-refractivity contribution in [3.05, 3.63) is 70.3 Å². The van der Waals surface area contributed by atoms with Gasteiger partial charge in [0.05, 0.1) is 22.3 Å². The summed E-state index contributed by atoms with van der Waals surface area (Å²) in [4.78, 5) is 67.6. The van der Waals surface area contributed by atoms with Gasteiger partial charge in [0.25, 0.3) is 0 Å². The van der Waals surface area contributed by atoms with Gasteiger partial charge in [-0.05, 0) is 30.3 Å². The Hall–Kier alpha value is -9.63. The van der Waals surface area contributed by atoms with Crippen LogP contribution in [0.2, 0.25) is 0 Å². The van der Waals surface area contributed by atoms with Gasteiger partial charge >= 0.3 is 29.8 Å². The first-order valence-corrected chi connectivity index (χ1v) is 18.6. The average molecular weight is 955 g/mol. The summed E-state index contributed by atoms with van der Waals surface area (Å²) in [6, 6.07) is 3.45. The number of rotatable bonds is 7. The molecule has 0 spiro atoms. The van der Waals surface area contributed by atoms with Crippen LogP contribution in [0, 0.1) is 0 Å². The molecule has 0 aliphatic carbocycles. The number of hydrogen-bond donors (Lipinski definition) is 16. The fourth-order valence-electron chi connectivity index (χ4n) is 6.87. The van der Waals surface area contributed by atoms with Crippen molar-refractivity contribution < 1.29 is 134 Å². The first-order chi connectivity index (χ1) is 31.9. The van der Waals surface area contributed by atoms with Gasteiger partial charge in [0.1, 0.15) is 18.3 Å². The lowest BCUT2D eigenvalue weighted by Crippen LogP contribution is -2.62. The van der Waals surface area contributed by atoms with Gasteiger partial charge in [0, 0.05) is 23.3 Å². The number of esters is 4. The molecule has 0 aromatic heterocycles. The summed E-state index contributed by atoms with van der Waals surface area (Å²) >= 11 is 0. The van der Waals surface area contributed by atoms with Crippen LogP contribution >= 0.6 is 0 Å². The van der Waals surface area contributed by atoms with Gasteiger partial charge in [-0.15, -0.1) is 0 Å². The van der Waals surface area contributed by atoms with E-state index in [1.54, 1.807) is 0 Å². The monoisotopic (exact) mass is 954 g/mol. The normalized spacial score (nSPS) is 18.9. The van der Waals surface area contributed by atoms with E-state index in [1.165, 1.54) is 0 Å². The summed E-state index contributed by atoms with van der Waals surface area (Å²) in [5.41, 5.74) is -7.20. The van der Waals surface area contributed by atoms with E-state index in [4.69, 9.17) is 28.4 Å². The molecule has 5 unspecified atom stereocenters. The molecule has 5 aromatic carbocycles. The third kappa shape index (κ3) is 7.96. The van der Waals surface area contributed by atoms with Crippen LogP contribution in [0.1, 0.15) is 51.8 Å². The number of phenols is 14. The number of aliphatic hydroxyl groups is 1. The van der Waals surface area contributed by atoms with Crippen LogP contribution in [-0.2, 0) is 23.7 Å². The van der Waals surface area contributed by atoms with Crippen molar-refractivity contribution in [2.75, 3.05) is 6.61 Å². The molecular weight excluding hydrogens is 924 g/mol. The highest BCUT2D eigenvalue weighted by atomic mass is 16.7. The minimum absolute atomic E-state index is 0.370. The summed E-state index contributed by atoms with van der Waals surface area (Å²) in [6.45, 7) is -1.26. The van der Waals surface area contributed by atoms with Crippen molar-refractivity contribution >= 4 is 29.8 Å². The standard InChI is InChI=1S/C41H30O27/c42-14-1-9(2-15(43)24(14)48)37(58)67-34-33-21(65-41(62)35(34)68-38(59)10-3-16(44)25(49)17(45)4-10)8-63-39(60)12-7-20(64-32-13(36(56)57)6-19(47)27(51)31(32)55)28(52)30(54)23(12)22-11(40(61)66-33)5-18(46)26(50)29(22)53/h1-7,21,33-35,41-55,62H,8H2,(H,56,57). The second-order valence-electron chi connectivity index (χ2n) is 14.4. The minimum Gasteiger partial charge on any atom is -0.504 e. The molecule has 27 heteroatoms. The van der Waals surface area contributed by atoms with E-state index >= 15 is 0 Å². The van der Waals surface area contributed by atoms with Gasteiger partial charge in [0.2, 0.25) is 23.0 Å². The number of carboxylic acid groups (broad SMARTS) is 1. The maximum atomic E-state index is 14.4. The quantitative estimate of drug-likeness (QED) is 0.0625. The van der Waals surface area contributed by atoms with Gasteiger partial charge in [-0.3, -0.25) is 0 Å². The molecule has 0 bridgehead atoms. The number of carboxylic acids is 1. The Morgan fingerprint density at radius 1 is 0.529 bits per heavy atom. The number of carbonyl (C=O) groups excluding carboxylic acids is 4. The number of fused-ring (bicyclic) bond motifs is 4. The second-order valence-corrected chi connectivity index (χ2v) is 14.4. The van der Waals surface area contributed by atoms with Crippen molar-refractivity contribution in [1.29, 1.82) is 0 Å². The second kappa shape index (κ2) is 17.1. The summed E-state index contributed by atoms with van der Waals surface area (Å²) in [5.74, 6) is -28.9. The Morgan fingerprint density at radius 2 is 0.985 bits per heavy atom. The molecule has 16 N–H and O–H groups in total. The van der Waals surface area contributed by atoms with Crippen molar-refractivity contribution in [3.63, 3.8) is 0 Å². The SMILES string of the molecule is O=C(OC1C(O)OC2COC(=O)c3cc(Oc4c(C(=O)O)cc(O)c(O)c4O)c(O)c(O)c3-c3c(cc(O)c(O)c3O)C(=O)OC2C1OC(=O)c1cc(O)c(O)c(O)c1)c1cc(O)c(O)c(O)c1. The highest BCUT2D eigenvalue weighted by Gasteiger charge is 2.53. The number of aromatic carboxylic acids is 1. The zero-order chi connectivity index (χ0) is 50.0. The Labute approximate surface area is 374 Å². The summed E-state index contributed by atoms with van der Waals surface area (Å²) in [5, 5.41) is 166. The van der Waals surface area contributed by atoms with Crippen LogP contribution in [-0.4, -0.2) is 149 Å². The molecule has 1 fully saturated rings. The number of aliphatic hydroxyl groups excluding tert-OH is 1. The predicted octanol–water partition coefficient (Wildman–Crippen LogP) is 1.59. The molecule has 0 saturated carbocycles. The fraction of sp³-hybridized carbons (Fsp3) is 0.146. The van der Waals surface area contributed by atoms with Crippen LogP contribution in [0.15, 0.2) is 42.5 Å². The lowest BCUT2D eigenvalue weighted by Gasteiger charge is -2.42. The number of ether oxygens (including phenoxy) is 6. The smallest absolute Gasteiger partial charge is 0.339 e. The van der Waals surface area contributed by atoms with Crippen LogP contribution in [0.4, 0.5) is 0 Å². The molecule has 68 heavy (non-hydrogen) atoms. The fourth-order valence-corrected chi connectivity index (χ4v) is 6.87. The highest BCUT2D eigenvalue weighted by Crippen LogP contribution is 2.55. The van der Waals surface area contributed by atoms with Gasteiger partial charge in [-0.25, -0.2) is 24.0 Å². The number of cyclic esters (lactones) is 1. The number of phenolic OH excluding ortho intramolecular Hbond substituents is 14. The predicted molar refractivity (Wildman–Crippen MR) is 210 cm³/mol. The molecule has 356 valence electrons. The van der Waals surface area contributed by atoms with Crippen molar-refractivity contribution in [2.24, 2.45) is 0 Å². The minimum atomic E-state index is -2.54. The average Bonchev–Trinajstić information content (AvgIpc) is 3.29. The molecule has 2 heterocycles. The maximum absolute atomic E-state index is 14.4. The number of benzene rings is 5. The molecule has 0 radical (unpaired) electrons. The van der Waals surface area contributed by atoms with E-state index in [-0.39, 0.29) is 0 Å². The van der Waals surface area contributed by atoms with Gasteiger partial charge in [-0.1, -0.05) is 0 Å². The summed E-state index contributed by atoms with van der Waals surface area (Å²) < 4.78 is 32.6. The number of aromatic hydroxyl groups is 14. The number of carbonyl (C=O) groups is 5. The van der Waals surface area contributed by atoms with Crippen LogP contribution < -0.4 is 4.74 Å². The summed E-state index contributed by atoms with van der Waals surface area (Å²) in [6.07, 6.45) is -11.8. The maximum Gasteiger partial charge on any atom is 0.339 e.